The highest BCUT2D eigenvalue weighted by molar-refractivity contribution is 5.79. The van der Waals surface area contributed by atoms with Gasteiger partial charge in [0.1, 0.15) is 6.07 Å². The molecular weight excluding hydrogens is 342 g/mol. The summed E-state index contributed by atoms with van der Waals surface area (Å²) in [6, 6.07) is 13.3. The summed E-state index contributed by atoms with van der Waals surface area (Å²) in [6.45, 7) is 3.55. The molecular formula is C20H23N5O2. The highest BCUT2D eigenvalue weighted by Gasteiger charge is 2.25. The van der Waals surface area contributed by atoms with Gasteiger partial charge in [0.05, 0.1) is 6.42 Å². The van der Waals surface area contributed by atoms with Gasteiger partial charge in [-0.2, -0.15) is 5.26 Å². The summed E-state index contributed by atoms with van der Waals surface area (Å²) in [5, 5.41) is 29.0. The molecule has 2 N–H and O–H groups in total. The second-order valence-corrected chi connectivity index (χ2v) is 6.89. The minimum atomic E-state index is -0.00396. The lowest BCUT2D eigenvalue weighted by Gasteiger charge is -2.17. The summed E-state index contributed by atoms with van der Waals surface area (Å²) >= 11 is 0. The molecule has 1 fully saturated rings. The second kappa shape index (κ2) is 8.60. The van der Waals surface area contributed by atoms with Gasteiger partial charge in [-0.3, -0.25) is 4.79 Å². The van der Waals surface area contributed by atoms with Crippen molar-refractivity contribution in [1.29, 1.82) is 5.26 Å². The first-order valence-electron chi connectivity index (χ1n) is 9.07. The summed E-state index contributed by atoms with van der Waals surface area (Å²) in [5.41, 5.74) is 2.31. The number of carbonyl (C=O) groups excluding carboxylic acids is 1. The van der Waals surface area contributed by atoms with Crippen LogP contribution in [0.5, 0.6) is 0 Å². The van der Waals surface area contributed by atoms with Gasteiger partial charge in [-0.05, 0) is 29.7 Å². The number of nitrogens with zero attached hydrogens (tertiary/aromatic N) is 4. The molecule has 0 spiro atoms. The van der Waals surface area contributed by atoms with Crippen molar-refractivity contribution in [2.24, 2.45) is 0 Å². The van der Waals surface area contributed by atoms with E-state index in [4.69, 9.17) is 5.26 Å². The number of nitriles is 1. The molecule has 0 bridgehead atoms. The van der Waals surface area contributed by atoms with E-state index in [2.05, 4.69) is 20.4 Å². The van der Waals surface area contributed by atoms with Crippen LogP contribution in [0, 0.1) is 11.3 Å². The van der Waals surface area contributed by atoms with Crippen molar-refractivity contribution in [2.45, 2.75) is 31.7 Å². The van der Waals surface area contributed by atoms with Gasteiger partial charge in [0.25, 0.3) is 0 Å². The Hall–Kier alpha value is -2.98. The maximum Gasteiger partial charge on any atom is 0.224 e. The molecule has 27 heavy (non-hydrogen) atoms. The molecule has 1 saturated heterocycles. The van der Waals surface area contributed by atoms with E-state index in [-0.39, 0.29) is 24.5 Å². The maximum atomic E-state index is 12.3. The zero-order chi connectivity index (χ0) is 19.2. The van der Waals surface area contributed by atoms with Crippen LogP contribution in [0.15, 0.2) is 36.4 Å². The molecule has 2 atom stereocenters. The van der Waals surface area contributed by atoms with Gasteiger partial charge >= 0.3 is 0 Å². The Morgan fingerprint density at radius 2 is 2.11 bits per heavy atom. The number of aromatic nitrogens is 2. The van der Waals surface area contributed by atoms with Crippen LogP contribution in [0.4, 0.5) is 5.82 Å². The Morgan fingerprint density at radius 3 is 2.74 bits per heavy atom. The third-order valence-electron chi connectivity index (χ3n) is 4.83. The lowest BCUT2D eigenvalue weighted by Crippen LogP contribution is -2.38. The van der Waals surface area contributed by atoms with Gasteiger partial charge in [-0.1, -0.05) is 31.2 Å². The quantitative estimate of drug-likeness (QED) is 0.802. The highest BCUT2D eigenvalue weighted by Crippen LogP contribution is 2.18. The van der Waals surface area contributed by atoms with Gasteiger partial charge in [0.15, 0.2) is 11.5 Å². The average Bonchev–Trinajstić information content (AvgIpc) is 3.16. The van der Waals surface area contributed by atoms with Crippen LogP contribution in [-0.2, 0) is 11.2 Å². The number of aliphatic hydroxyl groups is 1. The number of hydrogen-bond acceptors (Lipinski definition) is 6. The van der Waals surface area contributed by atoms with Crippen molar-refractivity contribution in [3.05, 3.63) is 53.2 Å². The predicted octanol–water partition coefficient (Wildman–Crippen LogP) is 1.38. The topological polar surface area (TPSA) is 102 Å². The number of benzene rings is 1. The molecule has 2 aromatic rings. The molecule has 1 aliphatic heterocycles. The SMILES string of the molecule is CC(CO)c1ccc(CC(=O)N[C@H]2CCN(c3ccc(C#N)nn3)C2)cc1. The van der Waals surface area contributed by atoms with Crippen LogP contribution in [0.3, 0.4) is 0 Å². The largest absolute Gasteiger partial charge is 0.396 e. The van der Waals surface area contributed by atoms with E-state index >= 15 is 0 Å². The number of hydrogen-bond donors (Lipinski definition) is 2. The fraction of sp³-hybridized carbons (Fsp3) is 0.400. The summed E-state index contributed by atoms with van der Waals surface area (Å²) in [4.78, 5) is 14.4. The Morgan fingerprint density at radius 1 is 1.33 bits per heavy atom. The smallest absolute Gasteiger partial charge is 0.224 e. The lowest BCUT2D eigenvalue weighted by molar-refractivity contribution is -0.121. The number of anilines is 1. The molecule has 140 valence electrons. The van der Waals surface area contributed by atoms with Crippen molar-refractivity contribution in [3.8, 4) is 6.07 Å². The molecule has 1 aromatic carbocycles. The lowest BCUT2D eigenvalue weighted by atomic mass is 10.00. The Labute approximate surface area is 158 Å². The van der Waals surface area contributed by atoms with E-state index in [1.807, 2.05) is 37.3 Å². The molecule has 2 heterocycles. The van der Waals surface area contributed by atoms with Gasteiger partial charge in [0.2, 0.25) is 5.91 Å². The Balaban J connectivity index is 1.50. The van der Waals surface area contributed by atoms with E-state index in [1.54, 1.807) is 12.1 Å². The third kappa shape index (κ3) is 4.80. The van der Waals surface area contributed by atoms with E-state index in [9.17, 15) is 9.90 Å². The van der Waals surface area contributed by atoms with E-state index in [0.29, 0.717) is 18.7 Å². The monoisotopic (exact) mass is 365 g/mol. The first-order chi connectivity index (χ1) is 13.1. The van der Waals surface area contributed by atoms with Crippen LogP contribution in [-0.4, -0.2) is 46.9 Å². The minimum absolute atomic E-state index is 0.00396. The van der Waals surface area contributed by atoms with Gasteiger partial charge in [0, 0.05) is 31.7 Å². The Bertz CT molecular complexity index is 814. The van der Waals surface area contributed by atoms with Crippen molar-refractivity contribution in [1.82, 2.24) is 15.5 Å². The second-order valence-electron chi connectivity index (χ2n) is 6.89. The summed E-state index contributed by atoms with van der Waals surface area (Å²) in [5.74, 6) is 0.817. The maximum absolute atomic E-state index is 12.3. The fourth-order valence-electron chi connectivity index (χ4n) is 3.17. The minimum Gasteiger partial charge on any atom is -0.396 e. The fourth-order valence-corrected chi connectivity index (χ4v) is 3.17. The molecule has 1 aliphatic rings. The molecule has 7 heteroatoms. The van der Waals surface area contributed by atoms with Crippen LogP contribution in [0.25, 0.3) is 0 Å². The molecule has 0 radical (unpaired) electrons. The number of aliphatic hydroxyl groups excluding tert-OH is 1. The van der Waals surface area contributed by atoms with Crippen LogP contribution in [0.2, 0.25) is 0 Å². The average molecular weight is 365 g/mol. The summed E-state index contributed by atoms with van der Waals surface area (Å²) < 4.78 is 0. The first-order valence-corrected chi connectivity index (χ1v) is 9.07. The van der Waals surface area contributed by atoms with Crippen molar-refractivity contribution >= 4 is 11.7 Å². The molecule has 0 saturated carbocycles. The number of carbonyl (C=O) groups is 1. The van der Waals surface area contributed by atoms with Crippen molar-refractivity contribution in [3.63, 3.8) is 0 Å². The first kappa shape index (κ1) is 18.8. The standard InChI is InChI=1S/C20H23N5O2/c1-14(13-26)16-4-2-15(3-5-16)10-20(27)22-18-8-9-25(12-18)19-7-6-17(11-21)23-24-19/h2-7,14,18,26H,8-10,12-13H2,1H3,(H,22,27)/t14?,18-/m0/s1. The van der Waals surface area contributed by atoms with E-state index in [1.165, 1.54) is 0 Å². The normalized spacial score (nSPS) is 17.4. The third-order valence-corrected chi connectivity index (χ3v) is 4.83. The molecule has 3 rings (SSSR count). The zero-order valence-electron chi connectivity index (χ0n) is 15.3. The number of rotatable bonds is 6. The van der Waals surface area contributed by atoms with Crippen LogP contribution in [0.1, 0.15) is 36.1 Å². The summed E-state index contributed by atoms with van der Waals surface area (Å²) in [6.07, 6.45) is 1.18. The molecule has 7 nitrogen and oxygen atoms in total. The van der Waals surface area contributed by atoms with Crippen molar-refractivity contribution < 1.29 is 9.90 Å². The van der Waals surface area contributed by atoms with Gasteiger partial charge in [-0.15, -0.1) is 10.2 Å². The number of nitrogens with one attached hydrogen (secondary N) is 1. The van der Waals surface area contributed by atoms with Crippen LogP contribution >= 0.6 is 0 Å². The van der Waals surface area contributed by atoms with Crippen molar-refractivity contribution in [2.75, 3.05) is 24.6 Å². The highest BCUT2D eigenvalue weighted by atomic mass is 16.3. The summed E-state index contributed by atoms with van der Waals surface area (Å²) in [7, 11) is 0. The van der Waals surface area contributed by atoms with E-state index < -0.39 is 0 Å². The molecule has 1 amide bonds. The molecule has 1 aromatic heterocycles. The van der Waals surface area contributed by atoms with Crippen LogP contribution < -0.4 is 10.2 Å². The number of amides is 1. The van der Waals surface area contributed by atoms with Gasteiger partial charge in [-0.25, -0.2) is 0 Å². The van der Waals surface area contributed by atoms with E-state index in [0.717, 1.165) is 29.9 Å². The predicted molar refractivity (Wildman–Crippen MR) is 101 cm³/mol. The molecule has 0 aliphatic carbocycles. The zero-order valence-corrected chi connectivity index (χ0v) is 15.3. The Kier molecular flexibility index (Phi) is 5.99. The molecule has 1 unspecified atom stereocenters. The van der Waals surface area contributed by atoms with Gasteiger partial charge < -0.3 is 15.3 Å².